The van der Waals surface area contributed by atoms with Gasteiger partial charge < -0.3 is 5.11 Å². The van der Waals surface area contributed by atoms with Crippen LogP contribution in [0.25, 0.3) is 0 Å². The summed E-state index contributed by atoms with van der Waals surface area (Å²) in [6.07, 6.45) is -2.37. The fourth-order valence-corrected chi connectivity index (χ4v) is 3.02. The summed E-state index contributed by atoms with van der Waals surface area (Å²) in [6.45, 7) is -1.33. The van der Waals surface area contributed by atoms with E-state index in [0.717, 1.165) is 12.4 Å². The summed E-state index contributed by atoms with van der Waals surface area (Å²) in [6, 6.07) is 5.54. The lowest BCUT2D eigenvalue weighted by atomic mass is 10.1. The average Bonchev–Trinajstić information content (AvgIpc) is 2.89. The molecule has 0 radical (unpaired) electrons. The fraction of sp³-hybridized carbons (Fsp3) is 0.286. The highest BCUT2D eigenvalue weighted by Gasteiger charge is 2.28. The molecule has 0 spiro atoms. The minimum absolute atomic E-state index is 0.0806. The Morgan fingerprint density at radius 2 is 1.88 bits per heavy atom. The Labute approximate surface area is 141 Å². The third-order valence-corrected chi connectivity index (χ3v) is 4.49. The Morgan fingerprint density at radius 1 is 1.24 bits per heavy atom. The van der Waals surface area contributed by atoms with Crippen LogP contribution in [0.1, 0.15) is 12.0 Å². The van der Waals surface area contributed by atoms with Gasteiger partial charge in [0.25, 0.3) is 10.0 Å². The van der Waals surface area contributed by atoms with Crippen molar-refractivity contribution in [1.82, 2.24) is 9.78 Å². The molecule has 136 valence electrons. The van der Waals surface area contributed by atoms with Crippen molar-refractivity contribution in [2.24, 2.45) is 0 Å². The van der Waals surface area contributed by atoms with E-state index in [1.165, 1.54) is 24.3 Å². The van der Waals surface area contributed by atoms with Gasteiger partial charge in [-0.2, -0.15) is 18.3 Å². The first-order valence-corrected chi connectivity index (χ1v) is 8.46. The molecule has 0 atom stereocenters. The van der Waals surface area contributed by atoms with Gasteiger partial charge in [-0.15, -0.1) is 0 Å². The molecule has 1 aromatic carbocycles. The molecule has 2 aromatic rings. The third-order valence-electron chi connectivity index (χ3n) is 3.09. The van der Waals surface area contributed by atoms with E-state index in [1.54, 1.807) is 0 Å². The van der Waals surface area contributed by atoms with Crippen molar-refractivity contribution in [1.29, 1.82) is 0 Å². The number of carboxylic acid groups (broad SMARTS) is 1. The third kappa shape index (κ3) is 5.78. The molecule has 0 unspecified atom stereocenters. The van der Waals surface area contributed by atoms with Crippen molar-refractivity contribution >= 4 is 21.7 Å². The van der Waals surface area contributed by atoms with Crippen LogP contribution in [0, 0.1) is 0 Å². The van der Waals surface area contributed by atoms with E-state index in [9.17, 15) is 26.4 Å². The topological polar surface area (TPSA) is 101 Å². The smallest absolute Gasteiger partial charge is 0.408 e. The first-order valence-electron chi connectivity index (χ1n) is 6.98. The van der Waals surface area contributed by atoms with Crippen molar-refractivity contribution in [3.05, 3.63) is 42.2 Å². The van der Waals surface area contributed by atoms with Gasteiger partial charge in [0.15, 0.2) is 0 Å². The number of sulfonamides is 1. The number of carboxylic acids is 1. The van der Waals surface area contributed by atoms with Crippen LogP contribution in [0.2, 0.25) is 0 Å². The molecule has 1 heterocycles. The van der Waals surface area contributed by atoms with E-state index in [2.05, 4.69) is 9.82 Å². The molecule has 7 nitrogen and oxygen atoms in total. The molecule has 1 aromatic heterocycles. The number of halogens is 3. The highest BCUT2D eigenvalue weighted by Crippen LogP contribution is 2.20. The number of carbonyl (C=O) groups is 1. The van der Waals surface area contributed by atoms with Crippen LogP contribution in [0.4, 0.5) is 18.9 Å². The Bertz CT molecular complexity index is 845. The van der Waals surface area contributed by atoms with Crippen LogP contribution in [-0.4, -0.2) is 35.5 Å². The number of hydrogen-bond donors (Lipinski definition) is 2. The van der Waals surface area contributed by atoms with Crippen LogP contribution >= 0.6 is 0 Å². The monoisotopic (exact) mass is 377 g/mol. The molecule has 0 saturated carbocycles. The molecule has 11 heteroatoms. The predicted octanol–water partition coefficient (Wildman–Crippen LogP) is 2.26. The highest BCUT2D eigenvalue weighted by atomic mass is 32.2. The average molecular weight is 377 g/mol. The predicted molar refractivity (Wildman–Crippen MR) is 81.5 cm³/mol. The molecule has 0 aliphatic rings. The van der Waals surface area contributed by atoms with Crippen LogP contribution in [0.3, 0.4) is 0 Å². The van der Waals surface area contributed by atoms with Gasteiger partial charge in [-0.05, 0) is 24.1 Å². The largest absolute Gasteiger partial charge is 0.481 e. The number of nitrogens with zero attached hydrogens (tertiary/aromatic N) is 2. The van der Waals surface area contributed by atoms with E-state index in [0.29, 0.717) is 10.2 Å². The van der Waals surface area contributed by atoms with Gasteiger partial charge in [0.1, 0.15) is 6.54 Å². The van der Waals surface area contributed by atoms with Crippen molar-refractivity contribution in [2.45, 2.75) is 30.5 Å². The minimum atomic E-state index is -4.46. The second kappa shape index (κ2) is 7.13. The second-order valence-electron chi connectivity index (χ2n) is 5.18. The number of aryl methyl sites for hydroxylation is 1. The SMILES string of the molecule is O=C(O)CCc1ccc(S(=O)(=O)Nc2cnn(CC(F)(F)F)c2)cc1. The summed E-state index contributed by atoms with van der Waals surface area (Å²) >= 11 is 0. The molecule has 2 rings (SSSR count). The van der Waals surface area contributed by atoms with Crippen LogP contribution in [-0.2, 0) is 27.8 Å². The maximum Gasteiger partial charge on any atom is 0.408 e. The van der Waals surface area contributed by atoms with Crippen molar-refractivity contribution in [3.8, 4) is 0 Å². The number of nitrogens with one attached hydrogen (secondary N) is 1. The summed E-state index contributed by atoms with van der Waals surface area (Å²) in [7, 11) is -3.99. The van der Waals surface area contributed by atoms with Crippen LogP contribution in [0.15, 0.2) is 41.6 Å². The highest BCUT2D eigenvalue weighted by molar-refractivity contribution is 7.92. The van der Waals surface area contributed by atoms with Gasteiger partial charge in [0.2, 0.25) is 0 Å². The van der Waals surface area contributed by atoms with Crippen molar-refractivity contribution < 1.29 is 31.5 Å². The van der Waals surface area contributed by atoms with E-state index in [1.807, 2.05) is 0 Å². The Balaban J connectivity index is 2.07. The number of aromatic nitrogens is 2. The maximum absolute atomic E-state index is 12.3. The molecule has 0 saturated heterocycles. The fourth-order valence-electron chi connectivity index (χ4n) is 1.99. The molecule has 0 amide bonds. The first kappa shape index (κ1) is 18.8. The van der Waals surface area contributed by atoms with Gasteiger partial charge >= 0.3 is 12.1 Å². The quantitative estimate of drug-likeness (QED) is 0.771. The zero-order valence-corrected chi connectivity index (χ0v) is 13.5. The lowest BCUT2D eigenvalue weighted by Gasteiger charge is -2.07. The van der Waals surface area contributed by atoms with E-state index in [4.69, 9.17) is 5.11 Å². The Morgan fingerprint density at radius 3 is 2.44 bits per heavy atom. The van der Waals surface area contributed by atoms with E-state index in [-0.39, 0.29) is 23.4 Å². The molecule has 0 fully saturated rings. The molecular formula is C14H14F3N3O4S. The molecule has 0 aliphatic heterocycles. The van der Waals surface area contributed by atoms with E-state index < -0.39 is 28.7 Å². The number of benzene rings is 1. The van der Waals surface area contributed by atoms with Gasteiger partial charge in [-0.3, -0.25) is 14.2 Å². The molecule has 0 bridgehead atoms. The molecule has 25 heavy (non-hydrogen) atoms. The number of alkyl halides is 3. The van der Waals surface area contributed by atoms with Crippen LogP contribution in [0.5, 0.6) is 0 Å². The number of aliphatic carboxylic acids is 1. The van der Waals surface area contributed by atoms with Gasteiger partial charge in [0.05, 0.1) is 16.8 Å². The normalized spacial score (nSPS) is 12.1. The van der Waals surface area contributed by atoms with Gasteiger partial charge in [-0.25, -0.2) is 8.42 Å². The molecule has 2 N–H and O–H groups in total. The maximum atomic E-state index is 12.3. The molecule has 0 aliphatic carbocycles. The Kier molecular flexibility index (Phi) is 5.36. The summed E-state index contributed by atoms with van der Waals surface area (Å²) < 4.78 is 63.9. The minimum Gasteiger partial charge on any atom is -0.481 e. The van der Waals surface area contributed by atoms with Crippen molar-refractivity contribution in [3.63, 3.8) is 0 Å². The number of anilines is 1. The zero-order valence-electron chi connectivity index (χ0n) is 12.7. The summed E-state index contributed by atoms with van der Waals surface area (Å²) in [5.41, 5.74) is 0.554. The summed E-state index contributed by atoms with van der Waals surface area (Å²) in [5, 5.41) is 12.1. The first-order chi connectivity index (χ1) is 11.5. The van der Waals surface area contributed by atoms with Crippen LogP contribution < -0.4 is 4.72 Å². The standard InChI is InChI=1S/C14H14F3N3O4S/c15-14(16,17)9-20-8-11(7-18-20)19-25(23,24)12-4-1-10(2-5-12)3-6-13(21)22/h1-2,4-5,7-8,19H,3,6,9H2,(H,21,22). The Hall–Kier alpha value is -2.56. The van der Waals surface area contributed by atoms with Gasteiger partial charge in [0, 0.05) is 12.6 Å². The number of rotatable bonds is 7. The number of hydrogen-bond acceptors (Lipinski definition) is 4. The van der Waals surface area contributed by atoms with E-state index >= 15 is 0 Å². The second-order valence-corrected chi connectivity index (χ2v) is 6.87. The molecular weight excluding hydrogens is 363 g/mol. The summed E-state index contributed by atoms with van der Waals surface area (Å²) in [5.74, 6) is -0.964. The lowest BCUT2D eigenvalue weighted by molar-refractivity contribution is -0.142. The lowest BCUT2D eigenvalue weighted by Crippen LogP contribution is -2.18. The van der Waals surface area contributed by atoms with Crippen molar-refractivity contribution in [2.75, 3.05) is 4.72 Å². The zero-order chi connectivity index (χ0) is 18.7. The summed E-state index contributed by atoms with van der Waals surface area (Å²) in [4.78, 5) is 10.4. The van der Waals surface area contributed by atoms with Gasteiger partial charge in [-0.1, -0.05) is 12.1 Å².